The van der Waals surface area contributed by atoms with Gasteiger partial charge in [-0.1, -0.05) is 0 Å². The zero-order valence-corrected chi connectivity index (χ0v) is 13.0. The summed E-state index contributed by atoms with van der Waals surface area (Å²) in [5.41, 5.74) is 2.86. The molecule has 0 aromatic carbocycles. The normalized spacial score (nSPS) is 19.0. The van der Waals surface area contributed by atoms with Crippen molar-refractivity contribution in [2.75, 3.05) is 5.75 Å². The van der Waals surface area contributed by atoms with E-state index in [1.54, 1.807) is 24.2 Å². The Morgan fingerprint density at radius 3 is 2.90 bits per heavy atom. The summed E-state index contributed by atoms with van der Waals surface area (Å²) in [6.45, 7) is 2.42. The predicted octanol–water partition coefficient (Wildman–Crippen LogP) is 2.29. The molecule has 2 aromatic rings. The first-order valence-electron chi connectivity index (χ1n) is 6.95. The third-order valence-electron chi connectivity index (χ3n) is 3.60. The number of amides is 1. The lowest BCUT2D eigenvalue weighted by Crippen LogP contribution is -2.37. The molecule has 6 heteroatoms. The van der Waals surface area contributed by atoms with Gasteiger partial charge in [0.2, 0.25) is 5.91 Å². The number of hydrogen-bond acceptors (Lipinski definition) is 4. The lowest BCUT2D eigenvalue weighted by Gasteiger charge is -2.35. The van der Waals surface area contributed by atoms with Crippen molar-refractivity contribution in [1.82, 2.24) is 19.4 Å². The van der Waals surface area contributed by atoms with Crippen LogP contribution < -0.4 is 0 Å². The van der Waals surface area contributed by atoms with Crippen LogP contribution >= 0.6 is 11.8 Å². The average Bonchev–Trinajstić information content (AvgIpc) is 2.89. The van der Waals surface area contributed by atoms with Crippen LogP contribution in [-0.4, -0.2) is 31.1 Å². The largest absolute Gasteiger partial charge is 0.352 e. The van der Waals surface area contributed by atoms with Crippen molar-refractivity contribution >= 4 is 17.7 Å². The van der Waals surface area contributed by atoms with Gasteiger partial charge in [0.05, 0.1) is 29.8 Å². The first-order chi connectivity index (χ1) is 10.1. The quantitative estimate of drug-likeness (QED) is 0.873. The van der Waals surface area contributed by atoms with E-state index in [2.05, 4.69) is 20.6 Å². The monoisotopic (exact) mass is 302 g/mol. The molecule has 2 aromatic heterocycles. The number of hydrogen-bond donors (Lipinski definition) is 0. The van der Waals surface area contributed by atoms with Gasteiger partial charge in [-0.25, -0.2) is 0 Å². The molecule has 1 amide bonds. The summed E-state index contributed by atoms with van der Waals surface area (Å²) in [6.07, 6.45) is 6.10. The van der Waals surface area contributed by atoms with Crippen LogP contribution in [-0.2, 0) is 18.4 Å². The first-order valence-corrected chi connectivity index (χ1v) is 8.00. The minimum atomic E-state index is 0.0503. The molecule has 1 aliphatic rings. The molecule has 0 spiro atoms. The highest BCUT2D eigenvalue weighted by Gasteiger charge is 2.31. The molecule has 5 nitrogen and oxygen atoms in total. The Bertz CT molecular complexity index is 637. The zero-order valence-electron chi connectivity index (χ0n) is 12.2. The Morgan fingerprint density at radius 1 is 1.38 bits per heavy atom. The van der Waals surface area contributed by atoms with Gasteiger partial charge in [0.1, 0.15) is 5.37 Å². The lowest BCUT2D eigenvalue weighted by molar-refractivity contribution is -0.132. The fourth-order valence-corrected chi connectivity index (χ4v) is 3.75. The van der Waals surface area contributed by atoms with Crippen LogP contribution in [0.15, 0.2) is 30.7 Å². The maximum atomic E-state index is 12.3. The van der Waals surface area contributed by atoms with E-state index in [0.29, 0.717) is 13.0 Å². The van der Waals surface area contributed by atoms with Crippen LogP contribution in [0.1, 0.15) is 28.9 Å². The fraction of sp³-hybridized carbons (Fsp3) is 0.400. The minimum Gasteiger partial charge on any atom is -0.352 e. The van der Waals surface area contributed by atoms with Crippen LogP contribution in [0.25, 0.3) is 0 Å². The number of nitrogens with zero attached hydrogens (tertiary/aromatic N) is 4. The third kappa shape index (κ3) is 2.95. The molecule has 0 radical (unpaired) electrons. The molecule has 3 rings (SSSR count). The fourth-order valence-electron chi connectivity index (χ4n) is 2.44. The average molecular weight is 302 g/mol. The second-order valence-electron chi connectivity index (χ2n) is 5.19. The topological polar surface area (TPSA) is 51.0 Å². The predicted molar refractivity (Wildman–Crippen MR) is 82.5 cm³/mol. The summed E-state index contributed by atoms with van der Waals surface area (Å²) in [5, 5.41) is 0.0503. The van der Waals surface area contributed by atoms with E-state index in [4.69, 9.17) is 0 Å². The number of rotatable bonds is 3. The number of thioether (sulfide) groups is 1. The standard InChI is InChI=1S/C15H18N4OS/c1-11-8-17-12(9-16-11)10-19-14(20)5-7-21-15(19)13-4-3-6-18(13)2/h3-4,6,8-9,15H,5,7,10H2,1-2H3. The molecule has 1 saturated heterocycles. The van der Waals surface area contributed by atoms with Crippen LogP contribution in [0, 0.1) is 6.92 Å². The molecule has 0 saturated carbocycles. The van der Waals surface area contributed by atoms with Crippen molar-refractivity contribution in [3.63, 3.8) is 0 Å². The third-order valence-corrected chi connectivity index (χ3v) is 4.85. The maximum absolute atomic E-state index is 12.3. The maximum Gasteiger partial charge on any atom is 0.224 e. The first kappa shape index (κ1) is 14.1. The minimum absolute atomic E-state index is 0.0503. The van der Waals surface area contributed by atoms with Crippen LogP contribution in [0.3, 0.4) is 0 Å². The highest BCUT2D eigenvalue weighted by atomic mass is 32.2. The van der Waals surface area contributed by atoms with Crippen LogP contribution in [0.5, 0.6) is 0 Å². The summed E-state index contributed by atoms with van der Waals surface area (Å²) in [4.78, 5) is 22.9. The van der Waals surface area contributed by atoms with Crippen molar-refractivity contribution in [3.05, 3.63) is 47.8 Å². The lowest BCUT2D eigenvalue weighted by atomic mass is 10.3. The van der Waals surface area contributed by atoms with Gasteiger partial charge in [-0.05, 0) is 19.1 Å². The molecule has 0 aliphatic carbocycles. The molecule has 0 bridgehead atoms. The number of aryl methyl sites for hydroxylation is 2. The van der Waals surface area contributed by atoms with E-state index in [1.165, 1.54) is 0 Å². The Morgan fingerprint density at radius 2 is 2.24 bits per heavy atom. The van der Waals surface area contributed by atoms with Gasteiger partial charge in [-0.3, -0.25) is 14.8 Å². The molecule has 1 unspecified atom stereocenters. The summed E-state index contributed by atoms with van der Waals surface area (Å²) in [6, 6.07) is 4.09. The molecular weight excluding hydrogens is 284 g/mol. The summed E-state index contributed by atoms with van der Waals surface area (Å²) < 4.78 is 2.07. The second-order valence-corrected chi connectivity index (χ2v) is 6.38. The number of aromatic nitrogens is 3. The van der Waals surface area contributed by atoms with E-state index < -0.39 is 0 Å². The van der Waals surface area contributed by atoms with Gasteiger partial charge in [0.25, 0.3) is 0 Å². The highest BCUT2D eigenvalue weighted by molar-refractivity contribution is 7.99. The van der Waals surface area contributed by atoms with Crippen LogP contribution in [0.4, 0.5) is 0 Å². The van der Waals surface area contributed by atoms with Crippen LogP contribution in [0.2, 0.25) is 0 Å². The van der Waals surface area contributed by atoms with Gasteiger partial charge in [0, 0.05) is 31.6 Å². The Balaban J connectivity index is 1.86. The second kappa shape index (κ2) is 5.89. The zero-order chi connectivity index (χ0) is 14.8. The van der Waals surface area contributed by atoms with E-state index in [-0.39, 0.29) is 11.3 Å². The Kier molecular flexibility index (Phi) is 3.96. The van der Waals surface area contributed by atoms with Crippen molar-refractivity contribution in [3.8, 4) is 0 Å². The Hall–Kier alpha value is -1.82. The van der Waals surface area contributed by atoms with Gasteiger partial charge >= 0.3 is 0 Å². The molecule has 0 N–H and O–H groups in total. The Labute approximate surface area is 128 Å². The summed E-state index contributed by atoms with van der Waals surface area (Å²) in [7, 11) is 2.01. The molecule has 1 fully saturated rings. The van der Waals surface area contributed by atoms with E-state index in [0.717, 1.165) is 22.8 Å². The summed E-state index contributed by atoms with van der Waals surface area (Å²) in [5.74, 6) is 1.05. The van der Waals surface area contributed by atoms with Crippen molar-refractivity contribution < 1.29 is 4.79 Å². The smallest absolute Gasteiger partial charge is 0.224 e. The van der Waals surface area contributed by atoms with Crippen molar-refractivity contribution in [2.24, 2.45) is 7.05 Å². The SMILES string of the molecule is Cc1cnc(CN2C(=O)CCSC2c2cccn2C)cn1. The molecule has 1 aliphatic heterocycles. The molecule has 110 valence electrons. The highest BCUT2D eigenvalue weighted by Crippen LogP contribution is 2.37. The van der Waals surface area contributed by atoms with E-state index in [9.17, 15) is 4.79 Å². The van der Waals surface area contributed by atoms with E-state index >= 15 is 0 Å². The van der Waals surface area contributed by atoms with Gasteiger partial charge in [-0.2, -0.15) is 0 Å². The van der Waals surface area contributed by atoms with Gasteiger partial charge in [-0.15, -0.1) is 11.8 Å². The van der Waals surface area contributed by atoms with Gasteiger partial charge < -0.3 is 9.47 Å². The number of carbonyl (C=O) groups excluding carboxylic acids is 1. The van der Waals surface area contributed by atoms with Gasteiger partial charge in [0.15, 0.2) is 0 Å². The molecule has 3 heterocycles. The number of carbonyl (C=O) groups is 1. The molecular formula is C15H18N4OS. The van der Waals surface area contributed by atoms with Crippen molar-refractivity contribution in [2.45, 2.75) is 25.3 Å². The summed E-state index contributed by atoms with van der Waals surface area (Å²) >= 11 is 1.81. The molecule has 1 atom stereocenters. The van der Waals surface area contributed by atoms with Crippen molar-refractivity contribution in [1.29, 1.82) is 0 Å². The van der Waals surface area contributed by atoms with E-state index in [1.807, 2.05) is 31.1 Å². The molecule has 21 heavy (non-hydrogen) atoms.